The first-order chi connectivity index (χ1) is 7.59. The molecule has 1 aliphatic rings. The number of carboxylic acid groups (broad SMARTS) is 1. The van der Waals surface area contributed by atoms with Crippen molar-refractivity contribution in [1.82, 2.24) is 0 Å². The van der Waals surface area contributed by atoms with Gasteiger partial charge in [0.05, 0.1) is 5.92 Å². The summed E-state index contributed by atoms with van der Waals surface area (Å²) in [6, 6.07) is 5.53. The highest BCUT2D eigenvalue weighted by molar-refractivity contribution is 5.70. The van der Waals surface area contributed by atoms with Gasteiger partial charge in [0.1, 0.15) is 5.75 Å². The van der Waals surface area contributed by atoms with Gasteiger partial charge in [0.15, 0.2) is 0 Å². The summed E-state index contributed by atoms with van der Waals surface area (Å²) in [6.07, 6.45) is 2.44. The zero-order valence-electron chi connectivity index (χ0n) is 9.31. The molecule has 3 nitrogen and oxygen atoms in total. The van der Waals surface area contributed by atoms with E-state index in [0.29, 0.717) is 12.2 Å². The number of hydrogen-bond donors (Lipinski definition) is 2. The van der Waals surface area contributed by atoms with Crippen molar-refractivity contribution < 1.29 is 15.0 Å². The van der Waals surface area contributed by atoms with Crippen LogP contribution in [0.3, 0.4) is 0 Å². The largest absolute Gasteiger partial charge is 0.508 e. The quantitative estimate of drug-likeness (QED) is 0.803. The van der Waals surface area contributed by atoms with E-state index in [0.717, 1.165) is 24.0 Å². The zero-order valence-corrected chi connectivity index (χ0v) is 9.31. The summed E-state index contributed by atoms with van der Waals surface area (Å²) in [5.74, 6) is -0.644. The predicted molar refractivity (Wildman–Crippen MR) is 60.4 cm³/mol. The Bertz CT molecular complexity index is 412. The number of aryl methyl sites for hydroxylation is 1. The SMILES string of the molecule is CC(C(=O)O)C1CCc2cccc(O)c2C1. The standard InChI is InChI=1S/C13H16O3/c1-8(13(15)16)10-6-5-9-3-2-4-12(14)11(9)7-10/h2-4,8,10,14H,5-7H2,1H3,(H,15,16). The van der Waals surface area contributed by atoms with Crippen LogP contribution in [-0.4, -0.2) is 16.2 Å². The van der Waals surface area contributed by atoms with Crippen molar-refractivity contribution in [2.75, 3.05) is 0 Å². The zero-order chi connectivity index (χ0) is 11.7. The molecule has 1 aromatic rings. The van der Waals surface area contributed by atoms with Crippen LogP contribution in [0.15, 0.2) is 18.2 Å². The topological polar surface area (TPSA) is 57.5 Å². The molecule has 16 heavy (non-hydrogen) atoms. The van der Waals surface area contributed by atoms with E-state index in [9.17, 15) is 9.90 Å². The number of phenols is 1. The number of hydrogen-bond acceptors (Lipinski definition) is 2. The first-order valence-electron chi connectivity index (χ1n) is 5.62. The number of phenolic OH excluding ortho intramolecular Hbond substituents is 1. The molecule has 0 saturated heterocycles. The van der Waals surface area contributed by atoms with Gasteiger partial charge in [-0.25, -0.2) is 0 Å². The van der Waals surface area contributed by atoms with Crippen LogP contribution in [0, 0.1) is 11.8 Å². The number of carbonyl (C=O) groups is 1. The van der Waals surface area contributed by atoms with Crippen LogP contribution < -0.4 is 0 Å². The summed E-state index contributed by atoms with van der Waals surface area (Å²) in [6.45, 7) is 1.75. The molecule has 0 heterocycles. The lowest BCUT2D eigenvalue weighted by Gasteiger charge is -2.27. The Morgan fingerprint density at radius 1 is 1.50 bits per heavy atom. The molecule has 0 bridgehead atoms. The summed E-state index contributed by atoms with van der Waals surface area (Å²) in [7, 11) is 0. The fourth-order valence-electron chi connectivity index (χ4n) is 2.42. The Kier molecular flexibility index (Phi) is 2.86. The number of carboxylic acids is 1. The Hall–Kier alpha value is -1.51. The van der Waals surface area contributed by atoms with Crippen molar-refractivity contribution >= 4 is 5.97 Å². The first-order valence-corrected chi connectivity index (χ1v) is 5.62. The molecule has 1 aliphatic carbocycles. The second-order valence-corrected chi connectivity index (χ2v) is 4.54. The molecule has 0 aromatic heterocycles. The average molecular weight is 220 g/mol. The second-order valence-electron chi connectivity index (χ2n) is 4.54. The van der Waals surface area contributed by atoms with Crippen molar-refractivity contribution in [2.45, 2.75) is 26.2 Å². The van der Waals surface area contributed by atoms with Gasteiger partial charge in [-0.05, 0) is 42.4 Å². The van der Waals surface area contributed by atoms with Gasteiger partial charge in [-0.3, -0.25) is 4.79 Å². The van der Waals surface area contributed by atoms with Gasteiger partial charge in [0.25, 0.3) is 0 Å². The summed E-state index contributed by atoms with van der Waals surface area (Å²) in [4.78, 5) is 10.9. The number of fused-ring (bicyclic) bond motifs is 1. The van der Waals surface area contributed by atoms with E-state index in [-0.39, 0.29) is 11.8 Å². The maximum Gasteiger partial charge on any atom is 0.306 e. The van der Waals surface area contributed by atoms with Gasteiger partial charge in [0.2, 0.25) is 0 Å². The van der Waals surface area contributed by atoms with E-state index in [1.54, 1.807) is 13.0 Å². The maximum atomic E-state index is 10.9. The van der Waals surface area contributed by atoms with E-state index >= 15 is 0 Å². The molecule has 3 heteroatoms. The van der Waals surface area contributed by atoms with Gasteiger partial charge in [0, 0.05) is 0 Å². The van der Waals surface area contributed by atoms with Crippen molar-refractivity contribution in [3.63, 3.8) is 0 Å². The summed E-state index contributed by atoms with van der Waals surface area (Å²) >= 11 is 0. The fourth-order valence-corrected chi connectivity index (χ4v) is 2.42. The lowest BCUT2D eigenvalue weighted by Crippen LogP contribution is -2.26. The van der Waals surface area contributed by atoms with Crippen molar-refractivity contribution in [1.29, 1.82) is 0 Å². The number of rotatable bonds is 2. The predicted octanol–water partition coefficient (Wildman–Crippen LogP) is 2.22. The van der Waals surface area contributed by atoms with Crippen molar-refractivity contribution in [3.8, 4) is 5.75 Å². The van der Waals surface area contributed by atoms with Gasteiger partial charge in [-0.2, -0.15) is 0 Å². The number of benzene rings is 1. The molecule has 2 unspecified atom stereocenters. The molecule has 0 fully saturated rings. The molecule has 2 N–H and O–H groups in total. The molecular formula is C13H16O3. The van der Waals surface area contributed by atoms with E-state index in [2.05, 4.69) is 0 Å². The molecule has 86 valence electrons. The molecule has 2 atom stereocenters. The lowest BCUT2D eigenvalue weighted by atomic mass is 9.77. The Labute approximate surface area is 94.7 Å². The number of aliphatic carboxylic acids is 1. The molecule has 1 aromatic carbocycles. The Morgan fingerprint density at radius 3 is 2.94 bits per heavy atom. The third kappa shape index (κ3) is 1.90. The molecular weight excluding hydrogens is 204 g/mol. The number of aromatic hydroxyl groups is 1. The molecule has 2 rings (SSSR count). The molecule has 0 amide bonds. The summed E-state index contributed by atoms with van der Waals surface area (Å²) < 4.78 is 0. The molecule has 0 aliphatic heterocycles. The minimum Gasteiger partial charge on any atom is -0.508 e. The van der Waals surface area contributed by atoms with Gasteiger partial charge >= 0.3 is 5.97 Å². The summed E-state index contributed by atoms with van der Waals surface area (Å²) in [5.41, 5.74) is 2.10. The summed E-state index contributed by atoms with van der Waals surface area (Å²) in [5, 5.41) is 18.7. The van der Waals surface area contributed by atoms with Crippen LogP contribution in [0.25, 0.3) is 0 Å². The lowest BCUT2D eigenvalue weighted by molar-refractivity contribution is -0.143. The van der Waals surface area contributed by atoms with E-state index in [1.807, 2.05) is 12.1 Å². The van der Waals surface area contributed by atoms with Gasteiger partial charge in [-0.15, -0.1) is 0 Å². The smallest absolute Gasteiger partial charge is 0.306 e. The van der Waals surface area contributed by atoms with E-state index in [4.69, 9.17) is 5.11 Å². The van der Waals surface area contributed by atoms with Crippen LogP contribution in [0.5, 0.6) is 5.75 Å². The molecule has 0 radical (unpaired) electrons. The average Bonchev–Trinajstić information content (AvgIpc) is 2.28. The Morgan fingerprint density at radius 2 is 2.25 bits per heavy atom. The molecule has 0 saturated carbocycles. The molecule has 0 spiro atoms. The van der Waals surface area contributed by atoms with Crippen LogP contribution in [-0.2, 0) is 17.6 Å². The highest BCUT2D eigenvalue weighted by Crippen LogP contribution is 2.34. The van der Waals surface area contributed by atoms with Gasteiger partial charge < -0.3 is 10.2 Å². The Balaban J connectivity index is 2.23. The third-order valence-corrected chi connectivity index (χ3v) is 3.60. The van der Waals surface area contributed by atoms with Crippen molar-refractivity contribution in [3.05, 3.63) is 29.3 Å². The normalized spacial score (nSPS) is 21.2. The van der Waals surface area contributed by atoms with Crippen LogP contribution in [0.2, 0.25) is 0 Å². The van der Waals surface area contributed by atoms with Crippen LogP contribution in [0.1, 0.15) is 24.5 Å². The minimum absolute atomic E-state index is 0.137. The highest BCUT2D eigenvalue weighted by Gasteiger charge is 2.28. The van der Waals surface area contributed by atoms with Crippen molar-refractivity contribution in [2.24, 2.45) is 11.8 Å². The van der Waals surface area contributed by atoms with Gasteiger partial charge in [-0.1, -0.05) is 19.1 Å². The maximum absolute atomic E-state index is 10.9. The third-order valence-electron chi connectivity index (χ3n) is 3.60. The fraction of sp³-hybridized carbons (Fsp3) is 0.462. The monoisotopic (exact) mass is 220 g/mol. The minimum atomic E-state index is -0.746. The highest BCUT2D eigenvalue weighted by atomic mass is 16.4. The van der Waals surface area contributed by atoms with E-state index in [1.165, 1.54) is 0 Å². The van der Waals surface area contributed by atoms with E-state index < -0.39 is 5.97 Å². The van der Waals surface area contributed by atoms with Crippen LogP contribution >= 0.6 is 0 Å². The van der Waals surface area contributed by atoms with Crippen LogP contribution in [0.4, 0.5) is 0 Å². The second kappa shape index (κ2) is 4.16. The first kappa shape index (κ1) is 11.0.